The van der Waals surface area contributed by atoms with Crippen LogP contribution in [-0.4, -0.2) is 37.6 Å². The smallest absolute Gasteiger partial charge is 0.262 e. The second-order valence-corrected chi connectivity index (χ2v) is 6.45. The molecular formula is C21H22N4O3. The zero-order valence-corrected chi connectivity index (χ0v) is 15.6. The Hall–Kier alpha value is -3.53. The standard InChI is InChI=1S/C21H22N4O3/c1-2-11-23-21(27)19-13-25(17-9-5-6-10-18(17)28-19)14-20(26)24-16-8-4-3-7-15(16)12-22/h3-10,19H,2,11,13-14H2,1H3,(H,23,27)(H,24,26)/t19-/m1/s1. The van der Waals surface area contributed by atoms with Gasteiger partial charge in [-0.15, -0.1) is 0 Å². The highest BCUT2D eigenvalue weighted by Gasteiger charge is 2.31. The van der Waals surface area contributed by atoms with E-state index in [1.54, 1.807) is 30.3 Å². The Labute approximate surface area is 163 Å². The Morgan fingerprint density at radius 2 is 1.96 bits per heavy atom. The van der Waals surface area contributed by atoms with Crippen molar-refractivity contribution in [2.75, 3.05) is 29.9 Å². The molecule has 2 aromatic carbocycles. The number of carbonyl (C=O) groups is 2. The molecule has 1 aliphatic heterocycles. The first-order valence-electron chi connectivity index (χ1n) is 9.19. The fourth-order valence-electron chi connectivity index (χ4n) is 3.01. The number of fused-ring (bicyclic) bond motifs is 1. The summed E-state index contributed by atoms with van der Waals surface area (Å²) in [6.45, 7) is 2.86. The van der Waals surface area contributed by atoms with Gasteiger partial charge in [0, 0.05) is 6.54 Å². The molecule has 0 unspecified atom stereocenters. The Morgan fingerprint density at radius 3 is 2.75 bits per heavy atom. The third-order valence-electron chi connectivity index (χ3n) is 4.36. The van der Waals surface area contributed by atoms with Gasteiger partial charge in [0.1, 0.15) is 11.8 Å². The van der Waals surface area contributed by atoms with Gasteiger partial charge in [-0.3, -0.25) is 9.59 Å². The number of nitriles is 1. The lowest BCUT2D eigenvalue weighted by Crippen LogP contribution is -2.50. The second kappa shape index (κ2) is 8.91. The van der Waals surface area contributed by atoms with Gasteiger partial charge in [0.2, 0.25) is 5.91 Å². The van der Waals surface area contributed by atoms with Crippen LogP contribution in [0.2, 0.25) is 0 Å². The first-order chi connectivity index (χ1) is 13.6. The molecule has 0 bridgehead atoms. The molecule has 3 rings (SSSR count). The van der Waals surface area contributed by atoms with E-state index in [9.17, 15) is 14.9 Å². The highest BCUT2D eigenvalue weighted by Crippen LogP contribution is 2.33. The third-order valence-corrected chi connectivity index (χ3v) is 4.36. The molecule has 0 saturated carbocycles. The molecule has 7 heteroatoms. The van der Waals surface area contributed by atoms with Gasteiger partial charge in [0.05, 0.1) is 30.0 Å². The van der Waals surface area contributed by atoms with Gasteiger partial charge in [0.15, 0.2) is 6.10 Å². The number of para-hydroxylation sites is 3. The van der Waals surface area contributed by atoms with Crippen molar-refractivity contribution in [3.05, 3.63) is 54.1 Å². The molecular weight excluding hydrogens is 356 g/mol. The van der Waals surface area contributed by atoms with Crippen molar-refractivity contribution in [2.24, 2.45) is 0 Å². The number of benzene rings is 2. The summed E-state index contributed by atoms with van der Waals surface area (Å²) in [4.78, 5) is 26.8. The fraction of sp³-hybridized carbons (Fsp3) is 0.286. The number of hydrogen-bond donors (Lipinski definition) is 2. The summed E-state index contributed by atoms with van der Waals surface area (Å²) in [6, 6.07) is 16.2. The number of ether oxygens (including phenoxy) is 1. The summed E-state index contributed by atoms with van der Waals surface area (Å²) in [5, 5.41) is 14.8. The molecule has 2 amide bonds. The van der Waals surface area contributed by atoms with E-state index in [1.807, 2.05) is 30.0 Å². The van der Waals surface area contributed by atoms with Crippen LogP contribution in [0.25, 0.3) is 0 Å². The molecule has 1 aliphatic rings. The Bertz CT molecular complexity index is 907. The van der Waals surface area contributed by atoms with Crippen LogP contribution in [-0.2, 0) is 9.59 Å². The Morgan fingerprint density at radius 1 is 1.21 bits per heavy atom. The monoisotopic (exact) mass is 378 g/mol. The highest BCUT2D eigenvalue weighted by atomic mass is 16.5. The third kappa shape index (κ3) is 4.41. The van der Waals surface area contributed by atoms with Crippen LogP contribution in [0.5, 0.6) is 5.75 Å². The van der Waals surface area contributed by atoms with Gasteiger partial charge in [-0.25, -0.2) is 0 Å². The van der Waals surface area contributed by atoms with Gasteiger partial charge in [-0.1, -0.05) is 31.2 Å². The zero-order valence-electron chi connectivity index (χ0n) is 15.6. The lowest BCUT2D eigenvalue weighted by molar-refractivity contribution is -0.128. The van der Waals surface area contributed by atoms with Gasteiger partial charge in [0.25, 0.3) is 5.91 Å². The number of rotatable bonds is 6. The van der Waals surface area contributed by atoms with Crippen molar-refractivity contribution in [3.8, 4) is 11.8 Å². The lowest BCUT2D eigenvalue weighted by atomic mass is 10.1. The largest absolute Gasteiger partial charge is 0.477 e. The van der Waals surface area contributed by atoms with Gasteiger partial charge in [-0.05, 0) is 30.7 Å². The number of nitrogens with zero attached hydrogens (tertiary/aromatic N) is 2. The van der Waals surface area contributed by atoms with Crippen LogP contribution in [0.15, 0.2) is 48.5 Å². The topological polar surface area (TPSA) is 94.5 Å². The zero-order chi connectivity index (χ0) is 19.9. The first-order valence-corrected chi connectivity index (χ1v) is 9.19. The molecule has 0 aliphatic carbocycles. The van der Waals surface area contributed by atoms with E-state index in [0.717, 1.165) is 12.1 Å². The van der Waals surface area contributed by atoms with E-state index in [-0.39, 0.29) is 24.9 Å². The quantitative estimate of drug-likeness (QED) is 0.804. The molecule has 0 spiro atoms. The molecule has 144 valence electrons. The van der Waals surface area contributed by atoms with E-state index in [1.165, 1.54) is 0 Å². The van der Waals surface area contributed by atoms with Crippen molar-refractivity contribution in [1.82, 2.24) is 5.32 Å². The minimum atomic E-state index is -0.694. The van der Waals surface area contributed by atoms with Crippen LogP contribution >= 0.6 is 0 Å². The minimum Gasteiger partial charge on any atom is -0.477 e. The molecule has 0 radical (unpaired) electrons. The SMILES string of the molecule is CCCNC(=O)[C@H]1CN(CC(=O)Nc2ccccc2C#N)c2ccccc2O1. The van der Waals surface area contributed by atoms with Crippen LogP contribution in [0.4, 0.5) is 11.4 Å². The molecule has 2 aromatic rings. The van der Waals surface area contributed by atoms with E-state index in [0.29, 0.717) is 23.5 Å². The number of nitrogens with one attached hydrogen (secondary N) is 2. The Kier molecular flexibility index (Phi) is 6.12. The molecule has 1 heterocycles. The van der Waals surface area contributed by atoms with Crippen molar-refractivity contribution in [3.63, 3.8) is 0 Å². The van der Waals surface area contributed by atoms with Crippen LogP contribution in [0, 0.1) is 11.3 Å². The highest BCUT2D eigenvalue weighted by molar-refractivity contribution is 5.96. The second-order valence-electron chi connectivity index (χ2n) is 6.45. The van der Waals surface area contributed by atoms with Crippen molar-refractivity contribution < 1.29 is 14.3 Å². The van der Waals surface area contributed by atoms with Crippen molar-refractivity contribution in [2.45, 2.75) is 19.4 Å². The minimum absolute atomic E-state index is 0.0394. The average Bonchev–Trinajstić information content (AvgIpc) is 2.72. The van der Waals surface area contributed by atoms with Crippen molar-refractivity contribution >= 4 is 23.2 Å². The summed E-state index contributed by atoms with van der Waals surface area (Å²) in [7, 11) is 0. The molecule has 2 N–H and O–H groups in total. The van der Waals surface area contributed by atoms with Gasteiger partial charge >= 0.3 is 0 Å². The van der Waals surface area contributed by atoms with Crippen molar-refractivity contribution in [1.29, 1.82) is 5.26 Å². The summed E-state index contributed by atoms with van der Waals surface area (Å²) in [5.74, 6) is 0.0966. The predicted molar refractivity (Wildman–Crippen MR) is 106 cm³/mol. The maximum Gasteiger partial charge on any atom is 0.262 e. The maximum absolute atomic E-state index is 12.6. The summed E-state index contributed by atoms with van der Waals surface area (Å²) in [6.07, 6.45) is 0.139. The van der Waals surface area contributed by atoms with E-state index in [2.05, 4.69) is 16.7 Å². The van der Waals surface area contributed by atoms with Gasteiger partial charge < -0.3 is 20.3 Å². The molecule has 7 nitrogen and oxygen atoms in total. The molecule has 0 fully saturated rings. The molecule has 0 saturated heterocycles. The van der Waals surface area contributed by atoms with E-state index >= 15 is 0 Å². The number of hydrogen-bond acceptors (Lipinski definition) is 5. The van der Waals surface area contributed by atoms with Crippen LogP contribution in [0.3, 0.4) is 0 Å². The summed E-state index contributed by atoms with van der Waals surface area (Å²) < 4.78 is 5.83. The number of carbonyl (C=O) groups excluding carboxylic acids is 2. The van der Waals surface area contributed by atoms with E-state index in [4.69, 9.17) is 4.74 Å². The normalized spacial score (nSPS) is 15.0. The lowest BCUT2D eigenvalue weighted by Gasteiger charge is -2.35. The van der Waals surface area contributed by atoms with Gasteiger partial charge in [-0.2, -0.15) is 5.26 Å². The average molecular weight is 378 g/mol. The fourth-order valence-corrected chi connectivity index (χ4v) is 3.01. The van der Waals surface area contributed by atoms with E-state index < -0.39 is 6.10 Å². The predicted octanol–water partition coefficient (Wildman–Crippen LogP) is 2.29. The summed E-state index contributed by atoms with van der Waals surface area (Å²) >= 11 is 0. The molecule has 1 atom stereocenters. The summed E-state index contributed by atoms with van der Waals surface area (Å²) in [5.41, 5.74) is 1.62. The first kappa shape index (κ1) is 19.2. The van der Waals surface area contributed by atoms with Crippen LogP contribution < -0.4 is 20.3 Å². The Balaban J connectivity index is 1.75. The van der Waals surface area contributed by atoms with Crippen LogP contribution in [0.1, 0.15) is 18.9 Å². The number of anilines is 2. The number of amides is 2. The maximum atomic E-state index is 12.6. The molecule has 28 heavy (non-hydrogen) atoms. The molecule has 0 aromatic heterocycles.